The van der Waals surface area contributed by atoms with Crippen molar-refractivity contribution in [3.8, 4) is 11.1 Å². The number of carboxylic acids is 1. The van der Waals surface area contributed by atoms with E-state index in [-0.39, 0.29) is 6.42 Å². The predicted octanol–water partition coefficient (Wildman–Crippen LogP) is 4.31. The molecular weight excluding hydrogens is 309 g/mol. The van der Waals surface area contributed by atoms with Crippen LogP contribution in [0.4, 0.5) is 0 Å². The van der Waals surface area contributed by atoms with E-state index in [0.717, 1.165) is 11.1 Å². The summed E-state index contributed by atoms with van der Waals surface area (Å²) in [7, 11) is 0. The highest BCUT2D eigenvalue weighted by Crippen LogP contribution is 2.36. The summed E-state index contributed by atoms with van der Waals surface area (Å²) in [6.07, 6.45) is -0.203. The topological polar surface area (TPSA) is 63.3 Å². The molecule has 0 aliphatic carbocycles. The van der Waals surface area contributed by atoms with E-state index in [1.165, 1.54) is 0 Å². The molecule has 0 amide bonds. The number of carbonyl (C=O) groups is 1. The molecule has 0 spiro atoms. The van der Waals surface area contributed by atoms with Crippen LogP contribution in [0.3, 0.4) is 0 Å². The molecule has 0 saturated carbocycles. The van der Waals surface area contributed by atoms with Crippen molar-refractivity contribution in [1.29, 1.82) is 0 Å². The van der Waals surface area contributed by atoms with E-state index >= 15 is 0 Å². The minimum Gasteiger partial charge on any atom is -0.481 e. The lowest BCUT2D eigenvalue weighted by Gasteiger charge is -2.25. The zero-order chi connectivity index (χ0) is 15.6. The van der Waals surface area contributed by atoms with E-state index in [4.69, 9.17) is 34.0 Å². The number of halogens is 2. The summed E-state index contributed by atoms with van der Waals surface area (Å²) in [5, 5.41) is 10.0. The van der Waals surface area contributed by atoms with Crippen molar-refractivity contribution in [3.63, 3.8) is 0 Å². The number of rotatable bonds is 4. The van der Waals surface area contributed by atoms with Crippen molar-refractivity contribution < 1.29 is 9.90 Å². The van der Waals surface area contributed by atoms with Gasteiger partial charge < -0.3 is 10.8 Å². The number of carboxylic acid groups (broad SMARTS) is 1. The highest BCUT2D eigenvalue weighted by Gasteiger charge is 2.28. The molecule has 1 atom stereocenters. The minimum atomic E-state index is -1.04. The predicted molar refractivity (Wildman–Crippen MR) is 85.7 cm³/mol. The maximum absolute atomic E-state index is 11.0. The van der Waals surface area contributed by atoms with Gasteiger partial charge in [-0.3, -0.25) is 4.79 Å². The maximum Gasteiger partial charge on any atom is 0.305 e. The zero-order valence-corrected chi connectivity index (χ0v) is 12.9. The Morgan fingerprint density at radius 3 is 2.52 bits per heavy atom. The van der Waals surface area contributed by atoms with Crippen molar-refractivity contribution in [3.05, 3.63) is 58.1 Å². The number of hydrogen-bond acceptors (Lipinski definition) is 2. The number of benzene rings is 2. The summed E-state index contributed by atoms with van der Waals surface area (Å²) in [5.74, 6) is -0.968. The molecule has 3 N–H and O–H groups in total. The second-order valence-electron chi connectivity index (χ2n) is 5.17. The van der Waals surface area contributed by atoms with Gasteiger partial charge in [-0.1, -0.05) is 53.5 Å². The first-order valence-corrected chi connectivity index (χ1v) is 7.12. The van der Waals surface area contributed by atoms with E-state index in [2.05, 4.69) is 0 Å². The molecule has 3 nitrogen and oxygen atoms in total. The van der Waals surface area contributed by atoms with Gasteiger partial charge in [0.15, 0.2) is 0 Å². The molecular formula is C16H15Cl2NO2. The first-order chi connectivity index (χ1) is 9.81. The second kappa shape index (κ2) is 6.06. The lowest BCUT2D eigenvalue weighted by molar-refractivity contribution is -0.138. The molecule has 21 heavy (non-hydrogen) atoms. The van der Waals surface area contributed by atoms with Crippen LogP contribution >= 0.6 is 23.2 Å². The maximum atomic E-state index is 11.0. The van der Waals surface area contributed by atoms with Gasteiger partial charge in [0.2, 0.25) is 0 Å². The van der Waals surface area contributed by atoms with E-state index < -0.39 is 11.5 Å². The minimum absolute atomic E-state index is 0.203. The van der Waals surface area contributed by atoms with Crippen LogP contribution in [0.25, 0.3) is 11.1 Å². The smallest absolute Gasteiger partial charge is 0.305 e. The van der Waals surface area contributed by atoms with Crippen molar-refractivity contribution in [2.45, 2.75) is 18.9 Å². The SMILES string of the molecule is CC(N)(CC(=O)O)c1cccc(-c2cccc(Cl)c2)c1Cl. The number of hydrogen-bond donors (Lipinski definition) is 2. The van der Waals surface area contributed by atoms with Gasteiger partial charge in [-0.25, -0.2) is 0 Å². The van der Waals surface area contributed by atoms with E-state index in [1.54, 1.807) is 25.1 Å². The number of nitrogens with two attached hydrogens (primary N) is 1. The average molecular weight is 324 g/mol. The summed E-state index contributed by atoms with van der Waals surface area (Å²) in [5.41, 5.74) is 7.32. The van der Waals surface area contributed by atoms with Crippen LogP contribution in [-0.2, 0) is 10.3 Å². The Bertz CT molecular complexity index is 684. The fourth-order valence-electron chi connectivity index (χ4n) is 2.26. The van der Waals surface area contributed by atoms with Crippen LogP contribution in [0, 0.1) is 0 Å². The fraction of sp³-hybridized carbons (Fsp3) is 0.188. The quantitative estimate of drug-likeness (QED) is 0.881. The highest BCUT2D eigenvalue weighted by atomic mass is 35.5. The van der Waals surface area contributed by atoms with Gasteiger partial charge in [0.1, 0.15) is 0 Å². The molecule has 0 fully saturated rings. The van der Waals surface area contributed by atoms with Gasteiger partial charge in [0, 0.05) is 10.6 Å². The molecule has 0 heterocycles. The van der Waals surface area contributed by atoms with Gasteiger partial charge in [-0.2, -0.15) is 0 Å². The molecule has 0 saturated heterocycles. The Morgan fingerprint density at radius 1 is 1.24 bits per heavy atom. The fourth-order valence-corrected chi connectivity index (χ4v) is 2.90. The summed E-state index contributed by atoms with van der Waals surface area (Å²) < 4.78 is 0. The molecule has 1 unspecified atom stereocenters. The molecule has 0 bridgehead atoms. The largest absolute Gasteiger partial charge is 0.481 e. The van der Waals surface area contributed by atoms with Crippen LogP contribution in [0.5, 0.6) is 0 Å². The lowest BCUT2D eigenvalue weighted by atomic mass is 9.87. The van der Waals surface area contributed by atoms with Crippen molar-refractivity contribution in [2.75, 3.05) is 0 Å². The standard InChI is InChI=1S/C16H15Cl2NO2/c1-16(19,9-14(20)21)13-7-3-6-12(15(13)18)10-4-2-5-11(17)8-10/h2-8H,9,19H2,1H3,(H,20,21). The Balaban J connectivity index is 2.53. The van der Waals surface area contributed by atoms with Crippen LogP contribution in [0.1, 0.15) is 18.9 Å². The third-order valence-corrected chi connectivity index (χ3v) is 3.91. The van der Waals surface area contributed by atoms with Crippen molar-refractivity contribution in [1.82, 2.24) is 0 Å². The summed E-state index contributed by atoms with van der Waals surface area (Å²) in [4.78, 5) is 11.0. The van der Waals surface area contributed by atoms with Crippen LogP contribution in [0.15, 0.2) is 42.5 Å². The van der Waals surface area contributed by atoms with Gasteiger partial charge in [0.05, 0.1) is 17.0 Å². The van der Waals surface area contributed by atoms with Gasteiger partial charge >= 0.3 is 5.97 Å². The van der Waals surface area contributed by atoms with Crippen molar-refractivity contribution in [2.24, 2.45) is 5.73 Å². The monoisotopic (exact) mass is 323 g/mol. The molecule has 0 aromatic heterocycles. The van der Waals surface area contributed by atoms with Gasteiger partial charge in [-0.15, -0.1) is 0 Å². The first kappa shape index (κ1) is 15.8. The summed E-state index contributed by atoms with van der Waals surface area (Å²) in [6.45, 7) is 1.66. The third kappa shape index (κ3) is 3.56. The Hall–Kier alpha value is -1.55. The molecule has 2 rings (SSSR count). The van der Waals surface area contributed by atoms with Crippen LogP contribution in [-0.4, -0.2) is 11.1 Å². The normalized spacial score (nSPS) is 13.7. The van der Waals surface area contributed by atoms with Gasteiger partial charge in [-0.05, 0) is 30.2 Å². The Labute approximate surface area is 133 Å². The van der Waals surface area contributed by atoms with Crippen LogP contribution in [0.2, 0.25) is 10.0 Å². The first-order valence-electron chi connectivity index (χ1n) is 6.37. The Kier molecular flexibility index (Phi) is 4.57. The summed E-state index contributed by atoms with van der Waals surface area (Å²) in [6, 6.07) is 12.7. The lowest BCUT2D eigenvalue weighted by Crippen LogP contribution is -2.35. The van der Waals surface area contributed by atoms with E-state index in [0.29, 0.717) is 15.6 Å². The average Bonchev–Trinajstić information content (AvgIpc) is 2.37. The molecule has 2 aromatic carbocycles. The molecule has 5 heteroatoms. The van der Waals surface area contributed by atoms with E-state index in [1.807, 2.05) is 24.3 Å². The number of aliphatic carboxylic acids is 1. The van der Waals surface area contributed by atoms with Crippen molar-refractivity contribution >= 4 is 29.2 Å². The van der Waals surface area contributed by atoms with Crippen LogP contribution < -0.4 is 5.73 Å². The third-order valence-electron chi connectivity index (χ3n) is 3.27. The molecule has 110 valence electrons. The van der Waals surface area contributed by atoms with E-state index in [9.17, 15) is 4.79 Å². The molecule has 0 radical (unpaired) electrons. The highest BCUT2D eigenvalue weighted by molar-refractivity contribution is 6.34. The second-order valence-corrected chi connectivity index (χ2v) is 5.98. The summed E-state index contributed by atoms with van der Waals surface area (Å²) >= 11 is 12.4. The van der Waals surface area contributed by atoms with Gasteiger partial charge in [0.25, 0.3) is 0 Å². The Morgan fingerprint density at radius 2 is 1.90 bits per heavy atom. The molecule has 0 aliphatic rings. The zero-order valence-electron chi connectivity index (χ0n) is 11.4. The molecule has 2 aromatic rings. The molecule has 0 aliphatic heterocycles.